The number of Topliss-reactive ketones (excluding diaryl/α,β-unsaturated/α-hetero) is 1. The van der Waals surface area contributed by atoms with Crippen molar-refractivity contribution in [3.8, 4) is 0 Å². The van der Waals surface area contributed by atoms with Crippen molar-refractivity contribution in [3.63, 3.8) is 0 Å². The Morgan fingerprint density at radius 3 is 2.64 bits per heavy atom. The smallest absolute Gasteiger partial charge is 0.333 e. The van der Waals surface area contributed by atoms with Crippen molar-refractivity contribution in [2.24, 2.45) is 0 Å². The van der Waals surface area contributed by atoms with Crippen molar-refractivity contribution in [1.82, 2.24) is 4.57 Å². The highest BCUT2D eigenvalue weighted by atomic mass is 32.1. The number of para-hydroxylation sites is 2. The van der Waals surface area contributed by atoms with Gasteiger partial charge in [-0.25, -0.2) is 9.13 Å². The molecule has 0 fully saturated rings. The number of hydrogen-bond acceptors (Lipinski definition) is 3. The van der Waals surface area contributed by atoms with Crippen LogP contribution in [0.2, 0.25) is 0 Å². The third-order valence-corrected chi connectivity index (χ3v) is 5.71. The third-order valence-electron chi connectivity index (χ3n) is 4.80. The van der Waals surface area contributed by atoms with Crippen LogP contribution < -0.4 is 15.2 Å². The summed E-state index contributed by atoms with van der Waals surface area (Å²) < 4.78 is 4.08. The van der Waals surface area contributed by atoms with Gasteiger partial charge in [-0.15, -0.1) is 11.3 Å². The van der Waals surface area contributed by atoms with Gasteiger partial charge in [0.25, 0.3) is 0 Å². The van der Waals surface area contributed by atoms with Crippen molar-refractivity contribution in [3.05, 3.63) is 46.7 Å². The number of imidazole rings is 1. The molecule has 0 aliphatic heterocycles. The lowest BCUT2D eigenvalue weighted by Crippen LogP contribution is -3.11. The monoisotopic (exact) mass is 358 g/mol. The maximum atomic E-state index is 12.6. The van der Waals surface area contributed by atoms with E-state index in [2.05, 4.69) is 24.5 Å². The largest absolute Gasteiger partial charge is 0.356 e. The number of hydrogen-bond donors (Lipinski definition) is 2. The Bertz CT molecular complexity index is 850. The molecule has 3 rings (SSSR count). The minimum Gasteiger partial charge on any atom is -0.333 e. The summed E-state index contributed by atoms with van der Waals surface area (Å²) in [4.78, 5) is 14.9. The molecule has 2 heterocycles. The molecular formula is C19H26N4OS+2. The van der Waals surface area contributed by atoms with Gasteiger partial charge in [0, 0.05) is 0 Å². The highest BCUT2D eigenvalue weighted by Gasteiger charge is 2.24. The Morgan fingerprint density at radius 1 is 1.20 bits per heavy atom. The minimum absolute atomic E-state index is 0.101. The van der Waals surface area contributed by atoms with Crippen LogP contribution in [0.4, 0.5) is 5.95 Å². The van der Waals surface area contributed by atoms with Crippen LogP contribution in [0.25, 0.3) is 11.0 Å². The van der Waals surface area contributed by atoms with Crippen LogP contribution in [-0.4, -0.2) is 30.0 Å². The number of carbonyl (C=O) groups is 1. The van der Waals surface area contributed by atoms with Crippen LogP contribution in [0.3, 0.4) is 0 Å². The molecule has 5 nitrogen and oxygen atoms in total. The molecule has 0 radical (unpaired) electrons. The molecule has 0 bridgehead atoms. The van der Waals surface area contributed by atoms with Gasteiger partial charge >= 0.3 is 5.95 Å². The van der Waals surface area contributed by atoms with Crippen LogP contribution in [-0.2, 0) is 13.1 Å². The number of carbonyl (C=O) groups excluding carboxylic acids is 1. The summed E-state index contributed by atoms with van der Waals surface area (Å²) in [6, 6.07) is 11.9. The first-order chi connectivity index (χ1) is 12.2. The molecule has 25 heavy (non-hydrogen) atoms. The van der Waals surface area contributed by atoms with Crippen LogP contribution in [0.1, 0.15) is 23.5 Å². The number of benzene rings is 1. The first kappa shape index (κ1) is 17.6. The molecule has 3 N–H and O–H groups in total. The van der Waals surface area contributed by atoms with E-state index < -0.39 is 0 Å². The normalized spacial score (nSPS) is 11.5. The second-order valence-electron chi connectivity index (χ2n) is 6.19. The lowest BCUT2D eigenvalue weighted by atomic mass is 10.3. The van der Waals surface area contributed by atoms with Gasteiger partial charge in [-0.05, 0) is 37.4 Å². The number of aromatic nitrogens is 2. The molecule has 0 saturated carbocycles. The zero-order chi connectivity index (χ0) is 17.8. The average Bonchev–Trinajstić information content (AvgIpc) is 3.25. The highest BCUT2D eigenvalue weighted by Crippen LogP contribution is 2.17. The molecule has 2 aromatic heterocycles. The van der Waals surface area contributed by atoms with Gasteiger partial charge in [-0.3, -0.25) is 10.5 Å². The summed E-state index contributed by atoms with van der Waals surface area (Å²) in [7, 11) is 0. The Balaban J connectivity index is 1.93. The van der Waals surface area contributed by atoms with Gasteiger partial charge < -0.3 is 4.90 Å². The number of rotatable bonds is 8. The zero-order valence-electron chi connectivity index (χ0n) is 14.9. The molecule has 0 spiro atoms. The maximum absolute atomic E-state index is 12.6. The number of nitrogens with two attached hydrogens (primary N) is 1. The van der Waals surface area contributed by atoms with Gasteiger partial charge in [-0.2, -0.15) is 0 Å². The first-order valence-electron chi connectivity index (χ1n) is 8.82. The Kier molecular flexibility index (Phi) is 5.50. The van der Waals surface area contributed by atoms with E-state index in [0.29, 0.717) is 5.95 Å². The molecule has 1 aromatic carbocycles. The van der Waals surface area contributed by atoms with Crippen molar-refractivity contribution in [1.29, 1.82) is 0 Å². The number of likely N-dealkylation sites (N-methyl/N-ethyl adjacent to an activating group) is 1. The van der Waals surface area contributed by atoms with Gasteiger partial charge in [0.2, 0.25) is 5.78 Å². The predicted molar refractivity (Wildman–Crippen MR) is 102 cm³/mol. The van der Waals surface area contributed by atoms with Crippen molar-refractivity contribution in [2.45, 2.75) is 26.9 Å². The summed E-state index contributed by atoms with van der Waals surface area (Å²) in [6.45, 7) is 8.76. The summed E-state index contributed by atoms with van der Waals surface area (Å²) >= 11 is 1.47. The number of ketones is 1. The van der Waals surface area contributed by atoms with E-state index in [-0.39, 0.29) is 12.3 Å². The van der Waals surface area contributed by atoms with Crippen molar-refractivity contribution < 1.29 is 14.3 Å². The van der Waals surface area contributed by atoms with E-state index in [1.165, 1.54) is 11.3 Å². The third kappa shape index (κ3) is 3.60. The molecule has 0 aliphatic rings. The van der Waals surface area contributed by atoms with E-state index in [1.807, 2.05) is 40.3 Å². The zero-order valence-corrected chi connectivity index (χ0v) is 15.7. The number of thiophene rings is 1. The van der Waals surface area contributed by atoms with E-state index in [9.17, 15) is 4.79 Å². The van der Waals surface area contributed by atoms with Crippen LogP contribution in [0, 0.1) is 0 Å². The number of anilines is 1. The fourth-order valence-corrected chi connectivity index (χ4v) is 3.90. The molecule has 0 unspecified atom stereocenters. The van der Waals surface area contributed by atoms with Crippen LogP contribution in [0.5, 0.6) is 0 Å². The van der Waals surface area contributed by atoms with Crippen molar-refractivity contribution >= 4 is 34.1 Å². The average molecular weight is 359 g/mol. The molecular weight excluding hydrogens is 332 g/mol. The van der Waals surface area contributed by atoms with E-state index >= 15 is 0 Å². The summed E-state index contributed by atoms with van der Waals surface area (Å²) in [5.41, 5.74) is 8.56. The molecule has 3 aromatic rings. The molecule has 0 saturated heterocycles. The lowest BCUT2D eigenvalue weighted by Gasteiger charge is -2.14. The minimum atomic E-state index is 0.101. The number of nitrogens with one attached hydrogen (secondary N) is 1. The van der Waals surface area contributed by atoms with E-state index in [1.54, 1.807) is 4.90 Å². The summed E-state index contributed by atoms with van der Waals surface area (Å²) in [5.74, 6) is 0.752. The molecule has 0 amide bonds. The number of nitrogen functional groups attached to an aromatic ring is 1. The predicted octanol–water partition coefficient (Wildman–Crippen LogP) is 1.38. The maximum Gasteiger partial charge on any atom is 0.356 e. The SMILES string of the molecule is CC[NH+](CC)CCn1c(N)[n+](CC(=O)c2cccs2)c2ccccc21. The quantitative estimate of drug-likeness (QED) is 0.472. The Morgan fingerprint density at radius 2 is 1.96 bits per heavy atom. The van der Waals surface area contributed by atoms with E-state index in [0.717, 1.165) is 42.1 Å². The standard InChI is InChI=1S/C19H24N4OS/c1-3-21(4-2)11-12-22-15-8-5-6-9-16(15)23(19(22)20)14-17(24)18-10-7-13-25-18/h5-10,13,20H,3-4,11-12,14H2,1-2H3/p+2. The Labute approximate surface area is 152 Å². The number of nitrogens with zero attached hydrogens (tertiary/aromatic N) is 2. The fourth-order valence-electron chi connectivity index (χ4n) is 3.25. The van der Waals surface area contributed by atoms with Gasteiger partial charge in [-0.1, -0.05) is 18.2 Å². The molecule has 0 aliphatic carbocycles. The number of quaternary nitrogens is 1. The second-order valence-corrected chi connectivity index (χ2v) is 7.14. The molecule has 6 heteroatoms. The lowest BCUT2D eigenvalue weighted by molar-refractivity contribution is -0.897. The van der Waals surface area contributed by atoms with Crippen LogP contribution in [0.15, 0.2) is 41.8 Å². The van der Waals surface area contributed by atoms with Gasteiger partial charge in [0.05, 0.1) is 18.0 Å². The number of fused-ring (bicyclic) bond motifs is 1. The summed E-state index contributed by atoms with van der Waals surface area (Å²) in [5, 5.41) is 1.93. The molecule has 0 atom stereocenters. The van der Waals surface area contributed by atoms with Crippen molar-refractivity contribution in [2.75, 3.05) is 25.4 Å². The first-order valence-corrected chi connectivity index (χ1v) is 9.70. The molecule has 132 valence electrons. The van der Waals surface area contributed by atoms with Gasteiger partial charge in [0.1, 0.15) is 30.7 Å². The highest BCUT2D eigenvalue weighted by molar-refractivity contribution is 7.12. The summed E-state index contributed by atoms with van der Waals surface area (Å²) in [6.07, 6.45) is 0. The second kappa shape index (κ2) is 7.80. The van der Waals surface area contributed by atoms with Gasteiger partial charge in [0.15, 0.2) is 0 Å². The fraction of sp³-hybridized carbons (Fsp3) is 0.368. The topological polar surface area (TPSA) is 56.3 Å². The Hall–Kier alpha value is -2.18. The van der Waals surface area contributed by atoms with Crippen LogP contribution >= 0.6 is 11.3 Å². The van der Waals surface area contributed by atoms with E-state index in [4.69, 9.17) is 5.73 Å².